The standard InChI is InChI=1S/C16H15ClN2O2/c17-13-8-10(4-5-15(13)20)16(21)19-14-3-1-2-11-9-18-7-6-12(11)14/h1-5,8,18,20H,6-7,9H2,(H,19,21). The van der Waals surface area contributed by atoms with Crippen molar-refractivity contribution in [1.82, 2.24) is 5.32 Å². The Bertz CT molecular complexity index is 701. The normalized spacial score (nSPS) is 13.6. The summed E-state index contributed by atoms with van der Waals surface area (Å²) in [6.07, 6.45) is 0.891. The van der Waals surface area contributed by atoms with Gasteiger partial charge in [-0.25, -0.2) is 0 Å². The van der Waals surface area contributed by atoms with Crippen molar-refractivity contribution in [2.24, 2.45) is 0 Å². The van der Waals surface area contributed by atoms with Crippen LogP contribution in [0.15, 0.2) is 36.4 Å². The average Bonchev–Trinajstić information content (AvgIpc) is 2.50. The van der Waals surface area contributed by atoms with E-state index in [1.807, 2.05) is 12.1 Å². The Morgan fingerprint density at radius 2 is 2.14 bits per heavy atom. The van der Waals surface area contributed by atoms with Gasteiger partial charge in [-0.05, 0) is 48.4 Å². The lowest BCUT2D eigenvalue weighted by atomic mass is 9.99. The van der Waals surface area contributed by atoms with E-state index in [1.54, 1.807) is 6.07 Å². The minimum atomic E-state index is -0.233. The number of fused-ring (bicyclic) bond motifs is 1. The Balaban J connectivity index is 1.86. The van der Waals surface area contributed by atoms with Gasteiger partial charge in [0.25, 0.3) is 5.91 Å². The third kappa shape index (κ3) is 2.86. The molecule has 0 bridgehead atoms. The number of anilines is 1. The maximum atomic E-state index is 12.3. The zero-order chi connectivity index (χ0) is 14.8. The van der Waals surface area contributed by atoms with Crippen LogP contribution in [0, 0.1) is 0 Å². The predicted molar refractivity (Wildman–Crippen MR) is 82.9 cm³/mol. The number of carbonyl (C=O) groups is 1. The van der Waals surface area contributed by atoms with Gasteiger partial charge in [0.15, 0.2) is 0 Å². The monoisotopic (exact) mass is 302 g/mol. The number of rotatable bonds is 2. The van der Waals surface area contributed by atoms with Crippen molar-refractivity contribution >= 4 is 23.2 Å². The number of aromatic hydroxyl groups is 1. The third-order valence-corrected chi connectivity index (χ3v) is 3.90. The number of halogens is 1. The first-order valence-corrected chi connectivity index (χ1v) is 7.14. The van der Waals surface area contributed by atoms with Crippen molar-refractivity contribution in [3.05, 3.63) is 58.1 Å². The molecule has 0 spiro atoms. The van der Waals surface area contributed by atoms with Gasteiger partial charge in [-0.2, -0.15) is 0 Å². The van der Waals surface area contributed by atoms with Crippen molar-refractivity contribution in [1.29, 1.82) is 0 Å². The number of carbonyl (C=O) groups excluding carboxylic acids is 1. The number of nitrogens with one attached hydrogen (secondary N) is 2. The lowest BCUT2D eigenvalue weighted by Crippen LogP contribution is -2.25. The Morgan fingerprint density at radius 1 is 1.29 bits per heavy atom. The third-order valence-electron chi connectivity index (χ3n) is 3.60. The summed E-state index contributed by atoms with van der Waals surface area (Å²) >= 11 is 5.84. The molecule has 3 N–H and O–H groups in total. The number of hydrogen-bond donors (Lipinski definition) is 3. The van der Waals surface area contributed by atoms with Gasteiger partial charge in [-0.1, -0.05) is 23.7 Å². The molecule has 21 heavy (non-hydrogen) atoms. The Morgan fingerprint density at radius 3 is 2.95 bits per heavy atom. The average molecular weight is 303 g/mol. The Kier molecular flexibility index (Phi) is 3.82. The van der Waals surface area contributed by atoms with Gasteiger partial charge in [0.05, 0.1) is 5.02 Å². The van der Waals surface area contributed by atoms with Crippen LogP contribution >= 0.6 is 11.6 Å². The molecule has 0 radical (unpaired) electrons. The summed E-state index contributed by atoms with van der Waals surface area (Å²) in [5.41, 5.74) is 3.64. The van der Waals surface area contributed by atoms with Crippen LogP contribution in [0.2, 0.25) is 5.02 Å². The van der Waals surface area contributed by atoms with Crippen molar-refractivity contribution in [3.63, 3.8) is 0 Å². The highest BCUT2D eigenvalue weighted by molar-refractivity contribution is 6.32. The van der Waals surface area contributed by atoms with Crippen LogP contribution in [0.25, 0.3) is 0 Å². The molecular formula is C16H15ClN2O2. The van der Waals surface area contributed by atoms with Gasteiger partial charge in [-0.3, -0.25) is 4.79 Å². The van der Waals surface area contributed by atoms with E-state index in [0.717, 1.165) is 25.2 Å². The Hall–Kier alpha value is -2.04. The maximum absolute atomic E-state index is 12.3. The van der Waals surface area contributed by atoms with E-state index < -0.39 is 0 Å². The van der Waals surface area contributed by atoms with Gasteiger partial charge in [0.2, 0.25) is 0 Å². The van der Waals surface area contributed by atoms with Crippen LogP contribution in [0.1, 0.15) is 21.5 Å². The van der Waals surface area contributed by atoms with Gasteiger partial charge >= 0.3 is 0 Å². The Labute approximate surface area is 127 Å². The molecule has 1 aliphatic rings. The molecule has 1 heterocycles. The van der Waals surface area contributed by atoms with Crippen molar-refractivity contribution in [3.8, 4) is 5.75 Å². The van der Waals surface area contributed by atoms with E-state index in [2.05, 4.69) is 16.7 Å². The van der Waals surface area contributed by atoms with Crippen LogP contribution in [0.4, 0.5) is 5.69 Å². The molecule has 0 aliphatic carbocycles. The smallest absolute Gasteiger partial charge is 0.255 e. The zero-order valence-electron chi connectivity index (χ0n) is 11.3. The number of hydrogen-bond acceptors (Lipinski definition) is 3. The molecule has 108 valence electrons. The van der Waals surface area contributed by atoms with Crippen molar-refractivity contribution in [2.75, 3.05) is 11.9 Å². The van der Waals surface area contributed by atoms with E-state index in [-0.39, 0.29) is 16.7 Å². The molecule has 0 fully saturated rings. The molecule has 2 aromatic rings. The van der Waals surface area contributed by atoms with E-state index in [1.165, 1.54) is 23.3 Å². The molecule has 0 unspecified atom stereocenters. The topological polar surface area (TPSA) is 61.4 Å². The van der Waals surface area contributed by atoms with Crippen LogP contribution < -0.4 is 10.6 Å². The molecule has 0 saturated heterocycles. The summed E-state index contributed by atoms with van der Waals surface area (Å²) in [4.78, 5) is 12.3. The minimum Gasteiger partial charge on any atom is -0.506 e. The molecular weight excluding hydrogens is 288 g/mol. The van der Waals surface area contributed by atoms with Crippen molar-refractivity contribution < 1.29 is 9.90 Å². The number of phenolic OH excluding ortho intramolecular Hbond substituents is 1. The fourth-order valence-electron chi connectivity index (χ4n) is 2.49. The second-order valence-corrected chi connectivity index (χ2v) is 5.40. The van der Waals surface area contributed by atoms with Crippen LogP contribution in [-0.2, 0) is 13.0 Å². The summed E-state index contributed by atoms with van der Waals surface area (Å²) in [7, 11) is 0. The molecule has 2 aromatic carbocycles. The molecule has 1 amide bonds. The molecule has 1 aliphatic heterocycles. The molecule has 3 rings (SSSR count). The fourth-order valence-corrected chi connectivity index (χ4v) is 2.67. The largest absolute Gasteiger partial charge is 0.506 e. The predicted octanol–water partition coefficient (Wildman–Crippen LogP) is 2.94. The SMILES string of the molecule is O=C(Nc1cccc2c1CCNC2)c1ccc(O)c(Cl)c1. The van der Waals surface area contributed by atoms with Crippen LogP contribution in [-0.4, -0.2) is 17.6 Å². The number of benzene rings is 2. The van der Waals surface area contributed by atoms with E-state index in [4.69, 9.17) is 11.6 Å². The minimum absolute atomic E-state index is 0.0311. The lowest BCUT2D eigenvalue weighted by Gasteiger charge is -2.20. The van der Waals surface area contributed by atoms with E-state index >= 15 is 0 Å². The lowest BCUT2D eigenvalue weighted by molar-refractivity contribution is 0.102. The quantitative estimate of drug-likeness (QED) is 0.799. The zero-order valence-corrected chi connectivity index (χ0v) is 12.1. The molecule has 0 saturated carbocycles. The molecule has 0 aromatic heterocycles. The van der Waals surface area contributed by atoms with Crippen LogP contribution in [0.3, 0.4) is 0 Å². The summed E-state index contributed by atoms with van der Waals surface area (Å²) < 4.78 is 0. The maximum Gasteiger partial charge on any atom is 0.255 e. The first kappa shape index (κ1) is 13.9. The van der Waals surface area contributed by atoms with Gasteiger partial charge < -0.3 is 15.7 Å². The summed E-state index contributed by atoms with van der Waals surface area (Å²) in [6, 6.07) is 10.3. The van der Waals surface area contributed by atoms with Crippen molar-refractivity contribution in [2.45, 2.75) is 13.0 Å². The highest BCUT2D eigenvalue weighted by Gasteiger charge is 2.15. The first-order chi connectivity index (χ1) is 10.1. The molecule has 5 heteroatoms. The van der Waals surface area contributed by atoms with Gasteiger partial charge in [-0.15, -0.1) is 0 Å². The van der Waals surface area contributed by atoms with Gasteiger partial charge in [0, 0.05) is 17.8 Å². The highest BCUT2D eigenvalue weighted by atomic mass is 35.5. The fraction of sp³-hybridized carbons (Fsp3) is 0.188. The summed E-state index contributed by atoms with van der Waals surface area (Å²) in [6.45, 7) is 1.73. The molecule has 4 nitrogen and oxygen atoms in total. The second-order valence-electron chi connectivity index (χ2n) is 4.99. The number of phenols is 1. The van der Waals surface area contributed by atoms with Crippen LogP contribution in [0.5, 0.6) is 5.75 Å². The van der Waals surface area contributed by atoms with E-state index in [0.29, 0.717) is 5.56 Å². The second kappa shape index (κ2) is 5.76. The van der Waals surface area contributed by atoms with E-state index in [9.17, 15) is 9.90 Å². The summed E-state index contributed by atoms with van der Waals surface area (Å²) in [5.74, 6) is -0.264. The number of amides is 1. The highest BCUT2D eigenvalue weighted by Crippen LogP contribution is 2.26. The first-order valence-electron chi connectivity index (χ1n) is 6.76. The molecule has 0 atom stereocenters. The van der Waals surface area contributed by atoms with Gasteiger partial charge in [0.1, 0.15) is 5.75 Å². The summed E-state index contributed by atoms with van der Waals surface area (Å²) in [5, 5.41) is 15.8.